The van der Waals surface area contributed by atoms with Crippen molar-refractivity contribution in [3.05, 3.63) is 0 Å². The van der Waals surface area contributed by atoms with Gasteiger partial charge in [0.1, 0.15) is 0 Å². The fourth-order valence-corrected chi connectivity index (χ4v) is 4.43. The Morgan fingerprint density at radius 2 is 1.10 bits per heavy atom. The lowest BCUT2D eigenvalue weighted by Gasteiger charge is -2.33. The van der Waals surface area contributed by atoms with Crippen LogP contribution in [0.1, 0.15) is 142 Å². The highest BCUT2D eigenvalue weighted by atomic mass is 16.6. The van der Waals surface area contributed by atoms with Crippen molar-refractivity contribution in [3.8, 4) is 0 Å². The van der Waals surface area contributed by atoms with Crippen LogP contribution in [0.3, 0.4) is 0 Å². The zero-order valence-electron chi connectivity index (χ0n) is 19.2. The minimum absolute atomic E-state index is 0.250. The van der Waals surface area contributed by atoms with Crippen molar-refractivity contribution in [1.82, 2.24) is 0 Å². The predicted octanol–water partition coefficient (Wildman–Crippen LogP) is 6.98. The number of hydrogen-bond acceptors (Lipinski definition) is 3. The third kappa shape index (κ3) is 12.3. The number of amides is 1. The topological polar surface area (TPSA) is 69.4 Å². The molecule has 4 heteroatoms. The lowest BCUT2D eigenvalue weighted by molar-refractivity contribution is -0.171. The van der Waals surface area contributed by atoms with Crippen LogP contribution in [-0.4, -0.2) is 17.5 Å². The second-order valence-corrected chi connectivity index (χ2v) is 9.09. The van der Waals surface area contributed by atoms with Crippen LogP contribution >= 0.6 is 0 Å². The van der Waals surface area contributed by atoms with E-state index in [0.717, 1.165) is 32.1 Å². The lowest BCUT2D eigenvalue weighted by Crippen LogP contribution is -2.49. The molecule has 0 aliphatic heterocycles. The van der Waals surface area contributed by atoms with E-state index in [1.165, 1.54) is 83.5 Å². The minimum atomic E-state index is -1.02. The molecule has 4 nitrogen and oxygen atoms in total. The summed E-state index contributed by atoms with van der Waals surface area (Å²) in [4.78, 5) is 23.9. The smallest absolute Gasteiger partial charge is 0.306 e. The van der Waals surface area contributed by atoms with E-state index >= 15 is 0 Å². The van der Waals surface area contributed by atoms with Gasteiger partial charge >= 0.3 is 5.97 Å². The molecule has 2 N–H and O–H groups in total. The van der Waals surface area contributed by atoms with Gasteiger partial charge in [-0.15, -0.1) is 0 Å². The summed E-state index contributed by atoms with van der Waals surface area (Å²) in [6.45, 7) is 2.27. The first kappa shape index (κ1) is 26.0. The van der Waals surface area contributed by atoms with E-state index in [4.69, 9.17) is 10.5 Å². The molecule has 170 valence electrons. The number of unbranched alkanes of at least 4 members (excludes halogenated alkanes) is 14. The van der Waals surface area contributed by atoms with E-state index in [-0.39, 0.29) is 5.97 Å². The first-order valence-corrected chi connectivity index (χ1v) is 12.6. The summed E-state index contributed by atoms with van der Waals surface area (Å²) in [5.74, 6) is -0.720. The Bertz CT molecular complexity index is 430. The molecule has 0 radical (unpaired) electrons. The number of nitrogens with two attached hydrogens (primary N) is 1. The van der Waals surface area contributed by atoms with Gasteiger partial charge < -0.3 is 10.5 Å². The number of carbonyl (C=O) groups is 2. The van der Waals surface area contributed by atoms with Gasteiger partial charge in [-0.05, 0) is 32.1 Å². The Morgan fingerprint density at radius 3 is 1.52 bits per heavy atom. The molecule has 0 heterocycles. The van der Waals surface area contributed by atoms with Gasteiger partial charge in [-0.3, -0.25) is 9.59 Å². The van der Waals surface area contributed by atoms with Gasteiger partial charge in [0, 0.05) is 6.42 Å². The molecular weight excluding hydrogens is 362 g/mol. The summed E-state index contributed by atoms with van der Waals surface area (Å²) in [5, 5.41) is 0. The molecule has 0 aromatic carbocycles. The molecule has 0 bridgehead atoms. The van der Waals surface area contributed by atoms with Crippen LogP contribution in [0.25, 0.3) is 0 Å². The normalized spacial score (nSPS) is 15.9. The number of hydrogen-bond donors (Lipinski definition) is 1. The van der Waals surface area contributed by atoms with Gasteiger partial charge in [0.2, 0.25) is 0 Å². The Balaban J connectivity index is 1.90. The first-order chi connectivity index (χ1) is 14.1. The zero-order chi connectivity index (χ0) is 21.2. The van der Waals surface area contributed by atoms with E-state index in [1.54, 1.807) is 0 Å². The SMILES string of the molecule is CCCCCCCCCCCCCCCCCC(=O)OC1(C(N)=O)CCCCC1. The number of esters is 1. The summed E-state index contributed by atoms with van der Waals surface area (Å²) in [7, 11) is 0. The Morgan fingerprint density at radius 1 is 0.690 bits per heavy atom. The fraction of sp³-hybridized carbons (Fsp3) is 0.920. The standard InChI is InChI=1S/C25H47NO3/c1-2-3-4-5-6-7-8-9-10-11-12-13-14-15-17-20-23(27)29-25(24(26)28)21-18-16-19-22-25/h2-22H2,1H3,(H2,26,28). The largest absolute Gasteiger partial charge is 0.449 e. The van der Waals surface area contributed by atoms with Crippen molar-refractivity contribution in [2.24, 2.45) is 5.73 Å². The molecule has 0 atom stereocenters. The Hall–Kier alpha value is -1.06. The number of carbonyl (C=O) groups excluding carboxylic acids is 2. The Labute approximate surface area is 179 Å². The van der Waals surface area contributed by atoms with Crippen molar-refractivity contribution in [2.75, 3.05) is 0 Å². The fourth-order valence-electron chi connectivity index (χ4n) is 4.43. The molecule has 1 aliphatic carbocycles. The molecule has 1 aliphatic rings. The molecule has 0 saturated heterocycles. The van der Waals surface area contributed by atoms with Crippen molar-refractivity contribution in [2.45, 2.75) is 147 Å². The highest BCUT2D eigenvalue weighted by Gasteiger charge is 2.41. The van der Waals surface area contributed by atoms with Gasteiger partial charge in [0.05, 0.1) is 0 Å². The number of ether oxygens (including phenoxy) is 1. The zero-order valence-corrected chi connectivity index (χ0v) is 19.2. The highest BCUT2D eigenvalue weighted by Crippen LogP contribution is 2.32. The molecule has 0 aromatic rings. The maximum Gasteiger partial charge on any atom is 0.306 e. The van der Waals surface area contributed by atoms with E-state index in [2.05, 4.69) is 6.92 Å². The van der Waals surface area contributed by atoms with E-state index in [9.17, 15) is 9.59 Å². The van der Waals surface area contributed by atoms with E-state index in [1.807, 2.05) is 0 Å². The van der Waals surface area contributed by atoms with Crippen LogP contribution < -0.4 is 5.73 Å². The molecular formula is C25H47NO3. The lowest BCUT2D eigenvalue weighted by atomic mass is 9.84. The van der Waals surface area contributed by atoms with Gasteiger partial charge in [-0.25, -0.2) is 0 Å². The molecule has 0 unspecified atom stereocenters. The van der Waals surface area contributed by atoms with Crippen LogP contribution in [0.5, 0.6) is 0 Å². The van der Waals surface area contributed by atoms with Gasteiger partial charge in [0.15, 0.2) is 5.60 Å². The molecule has 1 fully saturated rings. The third-order valence-corrected chi connectivity index (χ3v) is 6.40. The summed E-state index contributed by atoms with van der Waals surface area (Å²) >= 11 is 0. The summed E-state index contributed by atoms with van der Waals surface area (Å²) in [6.07, 6.45) is 24.1. The number of rotatable bonds is 18. The predicted molar refractivity (Wildman–Crippen MR) is 121 cm³/mol. The second-order valence-electron chi connectivity index (χ2n) is 9.09. The molecule has 1 rings (SSSR count). The average Bonchev–Trinajstić information content (AvgIpc) is 2.71. The summed E-state index contributed by atoms with van der Waals surface area (Å²) in [6, 6.07) is 0. The molecule has 0 spiro atoms. The molecule has 1 amide bonds. The first-order valence-electron chi connectivity index (χ1n) is 12.6. The highest BCUT2D eigenvalue weighted by molar-refractivity contribution is 5.86. The van der Waals surface area contributed by atoms with Crippen LogP contribution in [0.15, 0.2) is 0 Å². The quantitative estimate of drug-likeness (QED) is 0.196. The van der Waals surface area contributed by atoms with Crippen LogP contribution in [0.4, 0.5) is 0 Å². The van der Waals surface area contributed by atoms with Crippen molar-refractivity contribution in [3.63, 3.8) is 0 Å². The summed E-state index contributed by atoms with van der Waals surface area (Å²) < 4.78 is 5.55. The molecule has 29 heavy (non-hydrogen) atoms. The van der Waals surface area contributed by atoms with Crippen LogP contribution in [0, 0.1) is 0 Å². The van der Waals surface area contributed by atoms with Crippen molar-refractivity contribution >= 4 is 11.9 Å². The minimum Gasteiger partial charge on any atom is -0.449 e. The average molecular weight is 410 g/mol. The third-order valence-electron chi connectivity index (χ3n) is 6.40. The Kier molecular flexibility index (Phi) is 15.0. The second kappa shape index (κ2) is 16.7. The molecule has 0 aromatic heterocycles. The van der Waals surface area contributed by atoms with Gasteiger partial charge in [-0.1, -0.05) is 103 Å². The monoisotopic (exact) mass is 409 g/mol. The van der Waals surface area contributed by atoms with Crippen molar-refractivity contribution in [1.29, 1.82) is 0 Å². The van der Waals surface area contributed by atoms with Gasteiger partial charge in [-0.2, -0.15) is 0 Å². The van der Waals surface area contributed by atoms with Crippen LogP contribution in [0.2, 0.25) is 0 Å². The van der Waals surface area contributed by atoms with E-state index < -0.39 is 11.5 Å². The van der Waals surface area contributed by atoms with E-state index in [0.29, 0.717) is 19.3 Å². The summed E-state index contributed by atoms with van der Waals surface area (Å²) in [5.41, 5.74) is 4.50. The van der Waals surface area contributed by atoms with Crippen LogP contribution in [-0.2, 0) is 14.3 Å². The maximum atomic E-state index is 12.1. The van der Waals surface area contributed by atoms with Gasteiger partial charge in [0.25, 0.3) is 5.91 Å². The molecule has 1 saturated carbocycles. The maximum absolute atomic E-state index is 12.1. The number of primary amides is 1. The van der Waals surface area contributed by atoms with Crippen molar-refractivity contribution < 1.29 is 14.3 Å².